The van der Waals surface area contributed by atoms with Crippen LogP contribution in [-0.4, -0.2) is 24.8 Å². The van der Waals surface area contributed by atoms with E-state index in [9.17, 15) is 14.4 Å². The van der Waals surface area contributed by atoms with Gasteiger partial charge in [-0.25, -0.2) is 0 Å². The van der Waals surface area contributed by atoms with E-state index in [1.165, 1.54) is 7.11 Å². The van der Waals surface area contributed by atoms with E-state index >= 15 is 0 Å². The summed E-state index contributed by atoms with van der Waals surface area (Å²) in [6.45, 7) is 0. The first kappa shape index (κ1) is 25.3. The summed E-state index contributed by atoms with van der Waals surface area (Å²) in [7, 11) is 1.54. The average Bonchev–Trinajstić information content (AvgIpc) is 2.85. The molecule has 0 saturated heterocycles. The highest BCUT2D eigenvalue weighted by molar-refractivity contribution is 6.42. The van der Waals surface area contributed by atoms with E-state index in [0.29, 0.717) is 32.6 Å². The van der Waals surface area contributed by atoms with Gasteiger partial charge in [0.25, 0.3) is 0 Å². The number of ether oxygens (including phenoxy) is 2. The minimum absolute atomic E-state index is 0.0198. The van der Waals surface area contributed by atoms with Crippen LogP contribution in [0.1, 0.15) is 41.3 Å². The molecule has 1 amide bonds. The van der Waals surface area contributed by atoms with Crippen molar-refractivity contribution in [3.63, 3.8) is 0 Å². The second-order valence-electron chi connectivity index (χ2n) is 7.40. The van der Waals surface area contributed by atoms with E-state index in [4.69, 9.17) is 32.7 Å². The van der Waals surface area contributed by atoms with Crippen LogP contribution < -0.4 is 10.1 Å². The number of nitrogens with one attached hydrogen (secondary N) is 1. The molecule has 0 spiro atoms. The molecule has 1 atom stereocenters. The van der Waals surface area contributed by atoms with Gasteiger partial charge in [0.2, 0.25) is 11.7 Å². The van der Waals surface area contributed by atoms with Crippen LogP contribution in [0.5, 0.6) is 5.75 Å². The van der Waals surface area contributed by atoms with Crippen molar-refractivity contribution in [2.24, 2.45) is 0 Å². The third-order valence-corrected chi connectivity index (χ3v) is 5.69. The van der Waals surface area contributed by atoms with E-state index in [1.807, 2.05) is 6.07 Å². The summed E-state index contributed by atoms with van der Waals surface area (Å²) in [4.78, 5) is 37.8. The summed E-state index contributed by atoms with van der Waals surface area (Å²) < 4.78 is 10.7. The summed E-state index contributed by atoms with van der Waals surface area (Å²) >= 11 is 11.8. The fraction of sp³-hybridized carbons (Fsp3) is 0.192. The number of methoxy groups -OCH3 is 1. The van der Waals surface area contributed by atoms with Crippen LogP contribution in [0, 0.1) is 0 Å². The van der Waals surface area contributed by atoms with E-state index in [2.05, 4.69) is 5.32 Å². The smallest absolute Gasteiger partial charge is 0.306 e. The van der Waals surface area contributed by atoms with Gasteiger partial charge in [-0.2, -0.15) is 0 Å². The molecule has 0 heterocycles. The molecule has 34 heavy (non-hydrogen) atoms. The number of Topliss-reactive ketones (excluding diaryl/α,β-unsaturated/α-hetero) is 1. The van der Waals surface area contributed by atoms with E-state index in [1.54, 1.807) is 66.7 Å². The Morgan fingerprint density at radius 3 is 2.24 bits per heavy atom. The van der Waals surface area contributed by atoms with Gasteiger partial charge >= 0.3 is 5.97 Å². The Balaban J connectivity index is 1.58. The molecule has 1 unspecified atom stereocenters. The summed E-state index contributed by atoms with van der Waals surface area (Å²) in [5.74, 6) is -0.582. The predicted octanol–water partition coefficient (Wildman–Crippen LogP) is 6.28. The Bertz CT molecular complexity index is 1150. The molecular weight excluding hydrogens is 477 g/mol. The van der Waals surface area contributed by atoms with Gasteiger partial charge in [-0.05, 0) is 48.9 Å². The molecule has 3 aromatic carbocycles. The Morgan fingerprint density at radius 1 is 0.882 bits per heavy atom. The summed E-state index contributed by atoms with van der Waals surface area (Å²) in [6.07, 6.45) is -0.761. The molecule has 0 radical (unpaired) electrons. The first-order valence-corrected chi connectivity index (χ1v) is 11.3. The van der Waals surface area contributed by atoms with Crippen LogP contribution in [0.4, 0.5) is 5.69 Å². The van der Waals surface area contributed by atoms with Gasteiger partial charge in [-0.15, -0.1) is 0 Å². The van der Waals surface area contributed by atoms with E-state index < -0.39 is 12.1 Å². The molecule has 176 valence electrons. The lowest BCUT2D eigenvalue weighted by atomic mass is 9.99. The van der Waals surface area contributed by atoms with Crippen molar-refractivity contribution in [3.05, 3.63) is 94.0 Å². The van der Waals surface area contributed by atoms with Crippen LogP contribution >= 0.6 is 23.2 Å². The first-order valence-electron chi connectivity index (χ1n) is 10.5. The van der Waals surface area contributed by atoms with Gasteiger partial charge in [-0.3, -0.25) is 14.4 Å². The molecule has 1 N–H and O–H groups in total. The van der Waals surface area contributed by atoms with Gasteiger partial charge < -0.3 is 14.8 Å². The Kier molecular flexibility index (Phi) is 9.08. The predicted molar refractivity (Wildman–Crippen MR) is 132 cm³/mol. The second kappa shape index (κ2) is 12.2. The lowest BCUT2D eigenvalue weighted by Gasteiger charge is -2.17. The zero-order valence-electron chi connectivity index (χ0n) is 18.4. The monoisotopic (exact) mass is 499 g/mol. The van der Waals surface area contributed by atoms with Gasteiger partial charge in [-0.1, -0.05) is 53.5 Å². The van der Waals surface area contributed by atoms with Crippen LogP contribution in [0.15, 0.2) is 72.8 Å². The van der Waals surface area contributed by atoms with Crippen molar-refractivity contribution in [1.82, 2.24) is 0 Å². The third-order valence-electron chi connectivity index (χ3n) is 4.95. The highest BCUT2D eigenvalue weighted by Crippen LogP contribution is 2.26. The fourth-order valence-corrected chi connectivity index (χ4v) is 3.49. The molecular formula is C26H23Cl2NO5. The molecule has 0 saturated carbocycles. The van der Waals surface area contributed by atoms with Crippen LogP contribution in [0.2, 0.25) is 10.0 Å². The van der Waals surface area contributed by atoms with Gasteiger partial charge in [0.15, 0.2) is 6.10 Å². The lowest BCUT2D eigenvalue weighted by molar-refractivity contribution is -0.147. The SMILES string of the molecule is COc1ccc(C(=O)C(OC(=O)CCCC(=O)Nc2ccc(Cl)c(Cl)c2)c2ccccc2)cc1. The zero-order valence-corrected chi connectivity index (χ0v) is 19.9. The quantitative estimate of drug-likeness (QED) is 0.262. The standard InChI is InChI=1S/C26H23Cl2NO5/c1-33-20-13-10-17(11-14-20)25(32)26(18-6-3-2-4-7-18)34-24(31)9-5-8-23(30)29-19-12-15-21(27)22(28)16-19/h2-4,6-7,10-16,26H,5,8-9H2,1H3,(H,29,30). The molecule has 0 aliphatic carbocycles. The number of amides is 1. The molecule has 0 aliphatic rings. The average molecular weight is 500 g/mol. The number of carbonyl (C=O) groups is 3. The maximum absolute atomic E-state index is 13.1. The number of rotatable bonds is 10. The Labute approximate surface area is 207 Å². The number of anilines is 1. The summed E-state index contributed by atoms with van der Waals surface area (Å²) in [5.41, 5.74) is 1.47. The maximum atomic E-state index is 13.1. The van der Waals surface area contributed by atoms with E-state index in [-0.39, 0.29) is 31.0 Å². The Hall–Kier alpha value is -3.35. The van der Waals surface area contributed by atoms with Crippen molar-refractivity contribution in [2.75, 3.05) is 12.4 Å². The molecule has 0 bridgehead atoms. The number of esters is 1. The highest BCUT2D eigenvalue weighted by atomic mass is 35.5. The van der Waals surface area contributed by atoms with Crippen molar-refractivity contribution in [3.8, 4) is 5.75 Å². The number of benzene rings is 3. The number of hydrogen-bond acceptors (Lipinski definition) is 5. The van der Waals surface area contributed by atoms with Crippen molar-refractivity contribution in [2.45, 2.75) is 25.4 Å². The molecule has 3 rings (SSSR count). The van der Waals surface area contributed by atoms with Gasteiger partial charge in [0.1, 0.15) is 5.75 Å². The summed E-state index contributed by atoms with van der Waals surface area (Å²) in [5, 5.41) is 3.42. The molecule has 0 aromatic heterocycles. The molecule has 8 heteroatoms. The van der Waals surface area contributed by atoms with Crippen molar-refractivity contribution in [1.29, 1.82) is 0 Å². The van der Waals surface area contributed by atoms with Gasteiger partial charge in [0, 0.05) is 29.7 Å². The largest absolute Gasteiger partial charge is 0.497 e. The van der Waals surface area contributed by atoms with Crippen molar-refractivity contribution >= 4 is 46.5 Å². The van der Waals surface area contributed by atoms with E-state index in [0.717, 1.165) is 0 Å². The van der Waals surface area contributed by atoms with Crippen LogP contribution in [0.3, 0.4) is 0 Å². The lowest BCUT2D eigenvalue weighted by Crippen LogP contribution is -2.20. The summed E-state index contributed by atoms with van der Waals surface area (Å²) in [6, 6.07) is 20.2. The molecule has 0 aliphatic heterocycles. The minimum atomic E-state index is -1.09. The van der Waals surface area contributed by atoms with Crippen LogP contribution in [-0.2, 0) is 14.3 Å². The highest BCUT2D eigenvalue weighted by Gasteiger charge is 2.26. The normalized spacial score (nSPS) is 11.4. The first-order chi connectivity index (χ1) is 16.4. The second-order valence-corrected chi connectivity index (χ2v) is 8.22. The zero-order chi connectivity index (χ0) is 24.5. The number of ketones is 1. The third kappa shape index (κ3) is 7.07. The Morgan fingerprint density at radius 2 is 1.59 bits per heavy atom. The van der Waals surface area contributed by atoms with Crippen LogP contribution in [0.25, 0.3) is 0 Å². The molecule has 6 nitrogen and oxygen atoms in total. The number of carbonyl (C=O) groups excluding carboxylic acids is 3. The van der Waals surface area contributed by atoms with Gasteiger partial charge in [0.05, 0.1) is 17.2 Å². The molecule has 3 aromatic rings. The number of hydrogen-bond donors (Lipinski definition) is 1. The number of halogens is 2. The topological polar surface area (TPSA) is 81.7 Å². The minimum Gasteiger partial charge on any atom is -0.497 e. The fourth-order valence-electron chi connectivity index (χ4n) is 3.19. The maximum Gasteiger partial charge on any atom is 0.306 e. The van der Waals surface area contributed by atoms with Crippen molar-refractivity contribution < 1.29 is 23.9 Å². The molecule has 0 fully saturated rings.